The maximum Gasteiger partial charge on any atom is 0.127 e. The Kier molecular flexibility index (Phi) is 4.49. The molecule has 0 radical (unpaired) electrons. The first-order valence-electron chi connectivity index (χ1n) is 7.60. The van der Waals surface area contributed by atoms with Crippen molar-refractivity contribution < 1.29 is 4.74 Å². The monoisotopic (exact) mass is 294 g/mol. The minimum Gasteiger partial charge on any atom is -0.493 e. The fraction of sp³-hybridized carbons (Fsp3) is 0.625. The van der Waals surface area contributed by atoms with E-state index in [0.717, 1.165) is 36.9 Å². The van der Waals surface area contributed by atoms with Crippen LogP contribution in [-0.2, 0) is 13.0 Å². The largest absolute Gasteiger partial charge is 0.493 e. The lowest BCUT2D eigenvalue weighted by atomic mass is 10.00. The molecule has 1 aromatic carbocycles. The molecule has 2 heterocycles. The number of benzene rings is 1. The van der Waals surface area contributed by atoms with Gasteiger partial charge in [-0.2, -0.15) is 0 Å². The van der Waals surface area contributed by atoms with Gasteiger partial charge in [-0.25, -0.2) is 0 Å². The number of fused-ring (bicyclic) bond motifs is 1. The second-order valence-electron chi connectivity index (χ2n) is 5.83. The van der Waals surface area contributed by atoms with Crippen LogP contribution in [0.4, 0.5) is 0 Å². The Balaban J connectivity index is 1.79. The van der Waals surface area contributed by atoms with Crippen LogP contribution in [0.1, 0.15) is 30.4 Å². The van der Waals surface area contributed by atoms with E-state index in [9.17, 15) is 0 Å². The predicted molar refractivity (Wildman–Crippen MR) is 82.6 cm³/mol. The van der Waals surface area contributed by atoms with Gasteiger partial charge in [-0.3, -0.25) is 4.90 Å². The van der Waals surface area contributed by atoms with E-state index in [1.807, 2.05) is 7.05 Å². The van der Waals surface area contributed by atoms with Gasteiger partial charge >= 0.3 is 0 Å². The van der Waals surface area contributed by atoms with Gasteiger partial charge in [-0.1, -0.05) is 18.0 Å². The van der Waals surface area contributed by atoms with Gasteiger partial charge in [0, 0.05) is 36.1 Å². The maximum atomic E-state index is 6.26. The van der Waals surface area contributed by atoms with E-state index in [1.54, 1.807) is 0 Å². The zero-order chi connectivity index (χ0) is 13.9. The number of piperidine rings is 1. The van der Waals surface area contributed by atoms with Crippen LogP contribution in [0.5, 0.6) is 5.75 Å². The van der Waals surface area contributed by atoms with Gasteiger partial charge in [0.05, 0.1) is 6.61 Å². The van der Waals surface area contributed by atoms with Crippen molar-refractivity contribution in [2.75, 3.05) is 26.7 Å². The number of hydrogen-bond acceptors (Lipinski definition) is 3. The highest BCUT2D eigenvalue weighted by Gasteiger charge is 2.25. The van der Waals surface area contributed by atoms with E-state index in [1.165, 1.54) is 36.9 Å². The molecule has 2 aliphatic rings. The first-order valence-corrected chi connectivity index (χ1v) is 7.98. The van der Waals surface area contributed by atoms with Crippen LogP contribution in [0, 0.1) is 0 Å². The highest BCUT2D eigenvalue weighted by Crippen LogP contribution is 2.34. The van der Waals surface area contributed by atoms with Crippen LogP contribution in [0.3, 0.4) is 0 Å². The van der Waals surface area contributed by atoms with Gasteiger partial charge in [0.25, 0.3) is 0 Å². The summed E-state index contributed by atoms with van der Waals surface area (Å²) in [6.07, 6.45) is 4.91. The van der Waals surface area contributed by atoms with E-state index < -0.39 is 0 Å². The minimum atomic E-state index is 0.629. The van der Waals surface area contributed by atoms with Crippen molar-refractivity contribution in [2.45, 2.75) is 38.3 Å². The number of ether oxygens (including phenoxy) is 1. The van der Waals surface area contributed by atoms with Crippen molar-refractivity contribution >= 4 is 11.6 Å². The Morgan fingerprint density at radius 1 is 1.40 bits per heavy atom. The predicted octanol–water partition coefficient (Wildman–Crippen LogP) is 2.85. The molecule has 1 fully saturated rings. The molecule has 0 spiro atoms. The summed E-state index contributed by atoms with van der Waals surface area (Å²) in [6.45, 7) is 3.98. The number of halogens is 1. The number of nitrogens with zero attached hydrogens (tertiary/aromatic N) is 1. The van der Waals surface area contributed by atoms with Crippen molar-refractivity contribution in [3.05, 3.63) is 28.3 Å². The summed E-state index contributed by atoms with van der Waals surface area (Å²) in [5.74, 6) is 1.09. The SMILES string of the molecule is CNCC1CCCCN1Cc1cc(Cl)cc2c1OCC2. The Morgan fingerprint density at radius 3 is 3.15 bits per heavy atom. The molecule has 110 valence electrons. The van der Waals surface area contributed by atoms with Crippen LogP contribution in [0.25, 0.3) is 0 Å². The molecule has 0 aliphatic carbocycles. The smallest absolute Gasteiger partial charge is 0.127 e. The lowest BCUT2D eigenvalue weighted by Gasteiger charge is -2.36. The summed E-state index contributed by atoms with van der Waals surface area (Å²) in [6, 6.07) is 4.76. The summed E-state index contributed by atoms with van der Waals surface area (Å²) in [7, 11) is 2.03. The van der Waals surface area contributed by atoms with Gasteiger partial charge in [0.2, 0.25) is 0 Å². The van der Waals surface area contributed by atoms with E-state index in [-0.39, 0.29) is 0 Å². The van der Waals surface area contributed by atoms with Crippen molar-refractivity contribution in [3.63, 3.8) is 0 Å². The second-order valence-corrected chi connectivity index (χ2v) is 6.27. The summed E-state index contributed by atoms with van der Waals surface area (Å²) in [5.41, 5.74) is 2.53. The molecule has 3 nitrogen and oxygen atoms in total. The molecule has 1 aromatic rings. The van der Waals surface area contributed by atoms with E-state index >= 15 is 0 Å². The Morgan fingerprint density at radius 2 is 2.30 bits per heavy atom. The van der Waals surface area contributed by atoms with Crippen molar-refractivity contribution in [1.82, 2.24) is 10.2 Å². The minimum absolute atomic E-state index is 0.629. The van der Waals surface area contributed by atoms with Gasteiger partial charge < -0.3 is 10.1 Å². The first kappa shape index (κ1) is 14.2. The molecule has 1 unspecified atom stereocenters. The third kappa shape index (κ3) is 2.95. The van der Waals surface area contributed by atoms with E-state index in [2.05, 4.69) is 22.3 Å². The number of hydrogen-bond donors (Lipinski definition) is 1. The molecule has 0 saturated carbocycles. The van der Waals surface area contributed by atoms with E-state index in [0.29, 0.717) is 6.04 Å². The Labute approximate surface area is 126 Å². The van der Waals surface area contributed by atoms with Gasteiger partial charge in [-0.15, -0.1) is 0 Å². The normalized spacial score (nSPS) is 22.6. The van der Waals surface area contributed by atoms with Gasteiger partial charge in [-0.05, 0) is 44.1 Å². The number of likely N-dealkylation sites (tertiary alicyclic amines) is 1. The quantitative estimate of drug-likeness (QED) is 0.924. The maximum absolute atomic E-state index is 6.26. The molecule has 3 rings (SSSR count). The molecule has 4 heteroatoms. The Hall–Kier alpha value is -0.770. The standard InChI is InChI=1S/C16H23ClN2O/c1-18-10-15-4-2-3-6-19(15)11-13-9-14(17)8-12-5-7-20-16(12)13/h8-9,15,18H,2-7,10-11H2,1H3. The summed E-state index contributed by atoms with van der Waals surface area (Å²) in [4.78, 5) is 2.58. The number of nitrogens with one attached hydrogen (secondary N) is 1. The third-order valence-corrected chi connectivity index (χ3v) is 4.61. The molecule has 20 heavy (non-hydrogen) atoms. The summed E-state index contributed by atoms with van der Waals surface area (Å²) < 4.78 is 5.82. The third-order valence-electron chi connectivity index (χ3n) is 4.39. The van der Waals surface area contributed by atoms with Crippen LogP contribution >= 0.6 is 11.6 Å². The highest BCUT2D eigenvalue weighted by molar-refractivity contribution is 6.30. The average Bonchev–Trinajstić information content (AvgIpc) is 2.89. The zero-order valence-electron chi connectivity index (χ0n) is 12.1. The average molecular weight is 295 g/mol. The lowest BCUT2D eigenvalue weighted by Crippen LogP contribution is -2.44. The molecule has 2 aliphatic heterocycles. The zero-order valence-corrected chi connectivity index (χ0v) is 12.9. The van der Waals surface area contributed by atoms with Crippen LogP contribution in [0.15, 0.2) is 12.1 Å². The second kappa shape index (κ2) is 6.33. The highest BCUT2D eigenvalue weighted by atomic mass is 35.5. The van der Waals surface area contributed by atoms with Crippen LogP contribution in [-0.4, -0.2) is 37.7 Å². The fourth-order valence-corrected chi connectivity index (χ4v) is 3.68. The topological polar surface area (TPSA) is 24.5 Å². The van der Waals surface area contributed by atoms with Gasteiger partial charge in [0.15, 0.2) is 0 Å². The summed E-state index contributed by atoms with van der Waals surface area (Å²) >= 11 is 6.26. The van der Waals surface area contributed by atoms with Gasteiger partial charge in [0.1, 0.15) is 5.75 Å². The van der Waals surface area contributed by atoms with E-state index in [4.69, 9.17) is 16.3 Å². The molecule has 1 atom stereocenters. The molecular weight excluding hydrogens is 272 g/mol. The first-order chi connectivity index (χ1) is 9.78. The number of rotatable bonds is 4. The molecule has 1 saturated heterocycles. The molecule has 0 bridgehead atoms. The molecular formula is C16H23ClN2O. The molecule has 0 amide bonds. The number of likely N-dealkylation sites (N-methyl/N-ethyl adjacent to an activating group) is 1. The van der Waals surface area contributed by atoms with Crippen LogP contribution < -0.4 is 10.1 Å². The fourth-order valence-electron chi connectivity index (χ4n) is 3.42. The van der Waals surface area contributed by atoms with Crippen molar-refractivity contribution in [3.8, 4) is 5.75 Å². The summed E-state index contributed by atoms with van der Waals surface area (Å²) in [5, 5.41) is 4.16. The van der Waals surface area contributed by atoms with Crippen LogP contribution in [0.2, 0.25) is 5.02 Å². The Bertz CT molecular complexity index is 476. The van der Waals surface area contributed by atoms with Crippen molar-refractivity contribution in [2.24, 2.45) is 0 Å². The lowest BCUT2D eigenvalue weighted by molar-refractivity contribution is 0.138. The molecule has 1 N–H and O–H groups in total. The molecule has 0 aromatic heterocycles. The van der Waals surface area contributed by atoms with Crippen molar-refractivity contribution in [1.29, 1.82) is 0 Å².